The van der Waals surface area contributed by atoms with Crippen LogP contribution < -0.4 is 10.6 Å². The summed E-state index contributed by atoms with van der Waals surface area (Å²) in [5.74, 6) is -1.29. The summed E-state index contributed by atoms with van der Waals surface area (Å²) in [6, 6.07) is 15.2. The second-order valence-corrected chi connectivity index (χ2v) is 9.58. The number of carboxylic acid groups (broad SMARTS) is 1. The van der Waals surface area contributed by atoms with Gasteiger partial charge in [-0.3, -0.25) is 9.59 Å². The van der Waals surface area contributed by atoms with E-state index in [0.29, 0.717) is 19.4 Å². The minimum absolute atomic E-state index is 0.00155. The Morgan fingerprint density at radius 3 is 2.17 bits per heavy atom. The van der Waals surface area contributed by atoms with E-state index >= 15 is 0 Å². The standard InChI is InChI=1S/C27H34N2O6/c1-27(2,13-12-24(30)31)14-15-28-25(32)23(17-34-3)29-26(33)35-16-22-20-10-6-4-8-18(20)19-9-5-7-11-21(19)22/h4-11,22-23H,12-17H2,1-3H3,(H,28,32)(H,29,33)(H,30,31)/t23-/m0/s1. The molecule has 0 radical (unpaired) electrons. The van der Waals surface area contributed by atoms with E-state index in [-0.39, 0.29) is 36.9 Å². The van der Waals surface area contributed by atoms with Gasteiger partial charge in [-0.25, -0.2) is 4.79 Å². The lowest BCUT2D eigenvalue weighted by atomic mass is 9.84. The van der Waals surface area contributed by atoms with Gasteiger partial charge in [-0.1, -0.05) is 62.4 Å². The lowest BCUT2D eigenvalue weighted by molar-refractivity contribution is -0.137. The van der Waals surface area contributed by atoms with Gasteiger partial charge in [0, 0.05) is 26.0 Å². The first-order valence-corrected chi connectivity index (χ1v) is 11.8. The van der Waals surface area contributed by atoms with E-state index in [1.807, 2.05) is 50.2 Å². The van der Waals surface area contributed by atoms with Crippen LogP contribution in [0.2, 0.25) is 0 Å². The molecule has 35 heavy (non-hydrogen) atoms. The number of fused-ring (bicyclic) bond motifs is 3. The first-order chi connectivity index (χ1) is 16.7. The molecule has 0 bridgehead atoms. The average Bonchev–Trinajstić information content (AvgIpc) is 3.15. The third-order valence-corrected chi connectivity index (χ3v) is 6.40. The number of hydrogen-bond donors (Lipinski definition) is 3. The zero-order chi connectivity index (χ0) is 25.4. The molecule has 2 aromatic rings. The molecule has 0 spiro atoms. The molecular formula is C27H34N2O6. The van der Waals surface area contributed by atoms with Gasteiger partial charge in [0.05, 0.1) is 6.61 Å². The molecule has 1 atom stereocenters. The molecule has 1 aliphatic carbocycles. The highest BCUT2D eigenvalue weighted by atomic mass is 16.5. The van der Waals surface area contributed by atoms with Gasteiger partial charge in [0.1, 0.15) is 12.6 Å². The monoisotopic (exact) mass is 482 g/mol. The Labute approximate surface area is 206 Å². The molecule has 0 fully saturated rings. The summed E-state index contributed by atoms with van der Waals surface area (Å²) >= 11 is 0. The van der Waals surface area contributed by atoms with Crippen LogP contribution in [-0.4, -0.2) is 56.0 Å². The van der Waals surface area contributed by atoms with Crippen LogP contribution in [0, 0.1) is 5.41 Å². The van der Waals surface area contributed by atoms with Crippen molar-refractivity contribution in [3.8, 4) is 11.1 Å². The quantitative estimate of drug-likeness (QED) is 0.422. The Kier molecular flexibility index (Phi) is 8.87. The number of carbonyl (C=O) groups is 3. The van der Waals surface area contributed by atoms with Crippen LogP contribution in [0.15, 0.2) is 48.5 Å². The number of methoxy groups -OCH3 is 1. The van der Waals surface area contributed by atoms with Crippen molar-refractivity contribution < 1.29 is 29.0 Å². The Hall–Kier alpha value is -3.39. The number of hydrogen-bond acceptors (Lipinski definition) is 5. The maximum absolute atomic E-state index is 12.7. The maximum atomic E-state index is 12.7. The highest BCUT2D eigenvalue weighted by Gasteiger charge is 2.30. The van der Waals surface area contributed by atoms with Crippen LogP contribution in [0.5, 0.6) is 0 Å². The van der Waals surface area contributed by atoms with Gasteiger partial charge in [-0.15, -0.1) is 0 Å². The average molecular weight is 483 g/mol. The predicted molar refractivity (Wildman–Crippen MR) is 132 cm³/mol. The van der Waals surface area contributed by atoms with E-state index in [4.69, 9.17) is 14.6 Å². The number of benzene rings is 2. The number of ether oxygens (including phenoxy) is 2. The topological polar surface area (TPSA) is 114 Å². The summed E-state index contributed by atoms with van der Waals surface area (Å²) in [6.07, 6.45) is 0.510. The summed E-state index contributed by atoms with van der Waals surface area (Å²) in [5, 5.41) is 14.3. The van der Waals surface area contributed by atoms with Gasteiger partial charge >= 0.3 is 12.1 Å². The lowest BCUT2D eigenvalue weighted by Gasteiger charge is -2.25. The Morgan fingerprint density at radius 1 is 1.00 bits per heavy atom. The fourth-order valence-electron chi connectivity index (χ4n) is 4.35. The van der Waals surface area contributed by atoms with Gasteiger partial charge < -0.3 is 25.2 Å². The van der Waals surface area contributed by atoms with Gasteiger partial charge in [0.15, 0.2) is 0 Å². The summed E-state index contributed by atoms with van der Waals surface area (Å²) in [7, 11) is 1.45. The van der Waals surface area contributed by atoms with E-state index in [2.05, 4.69) is 22.8 Å². The van der Waals surface area contributed by atoms with Crippen molar-refractivity contribution in [3.63, 3.8) is 0 Å². The van der Waals surface area contributed by atoms with Crippen LogP contribution >= 0.6 is 0 Å². The first-order valence-electron chi connectivity index (χ1n) is 11.8. The van der Waals surface area contributed by atoms with Gasteiger partial charge in [-0.05, 0) is 40.5 Å². The fraction of sp³-hybridized carbons (Fsp3) is 0.444. The second-order valence-electron chi connectivity index (χ2n) is 9.58. The van der Waals surface area contributed by atoms with Gasteiger partial charge in [0.25, 0.3) is 0 Å². The minimum atomic E-state index is -0.905. The SMILES string of the molecule is COC[C@H](NC(=O)OCC1c2ccccc2-c2ccccc21)C(=O)NCCC(C)(C)CCC(=O)O. The number of rotatable bonds is 12. The number of carboxylic acids is 1. The van der Waals surface area contributed by atoms with Crippen molar-refractivity contribution in [1.82, 2.24) is 10.6 Å². The van der Waals surface area contributed by atoms with Crippen molar-refractivity contribution in [2.75, 3.05) is 26.9 Å². The fourth-order valence-corrected chi connectivity index (χ4v) is 4.35. The third-order valence-electron chi connectivity index (χ3n) is 6.40. The summed E-state index contributed by atoms with van der Waals surface area (Å²) < 4.78 is 10.7. The number of nitrogens with one attached hydrogen (secondary N) is 2. The smallest absolute Gasteiger partial charge is 0.407 e. The first kappa shape index (κ1) is 26.2. The van der Waals surface area contributed by atoms with Crippen LogP contribution in [-0.2, 0) is 19.1 Å². The van der Waals surface area contributed by atoms with E-state index in [0.717, 1.165) is 22.3 Å². The minimum Gasteiger partial charge on any atom is -0.481 e. The molecule has 1 aliphatic rings. The molecule has 3 rings (SSSR count). The third kappa shape index (κ3) is 7.05. The van der Waals surface area contributed by atoms with E-state index in [1.165, 1.54) is 7.11 Å². The Bertz CT molecular complexity index is 1010. The van der Waals surface area contributed by atoms with E-state index < -0.39 is 18.1 Å². The van der Waals surface area contributed by atoms with Crippen molar-refractivity contribution in [1.29, 1.82) is 0 Å². The molecule has 3 N–H and O–H groups in total. The molecule has 2 aromatic carbocycles. The lowest BCUT2D eigenvalue weighted by Crippen LogP contribution is -2.50. The Balaban J connectivity index is 1.53. The van der Waals surface area contributed by atoms with Gasteiger partial charge in [-0.2, -0.15) is 0 Å². The molecule has 188 valence electrons. The van der Waals surface area contributed by atoms with Crippen molar-refractivity contribution in [2.24, 2.45) is 5.41 Å². The molecule has 0 heterocycles. The van der Waals surface area contributed by atoms with Crippen LogP contribution in [0.4, 0.5) is 4.79 Å². The van der Waals surface area contributed by atoms with E-state index in [9.17, 15) is 14.4 Å². The molecular weight excluding hydrogens is 448 g/mol. The Morgan fingerprint density at radius 2 is 1.60 bits per heavy atom. The molecule has 8 nitrogen and oxygen atoms in total. The van der Waals surface area contributed by atoms with Crippen molar-refractivity contribution in [2.45, 2.75) is 45.1 Å². The summed E-state index contributed by atoms with van der Waals surface area (Å²) in [5.41, 5.74) is 4.26. The molecule has 2 amide bonds. The molecule has 0 unspecified atom stereocenters. The predicted octanol–water partition coefficient (Wildman–Crippen LogP) is 3.94. The summed E-state index contributed by atoms with van der Waals surface area (Å²) in [4.78, 5) is 36.0. The largest absolute Gasteiger partial charge is 0.481 e. The second kappa shape index (κ2) is 11.8. The van der Waals surface area contributed by atoms with Crippen LogP contribution in [0.25, 0.3) is 11.1 Å². The number of alkyl carbamates (subject to hydrolysis) is 1. The number of carbonyl (C=O) groups excluding carboxylic acids is 2. The molecule has 0 saturated carbocycles. The number of amides is 2. The molecule has 8 heteroatoms. The van der Waals surface area contributed by atoms with Crippen molar-refractivity contribution >= 4 is 18.0 Å². The zero-order valence-corrected chi connectivity index (χ0v) is 20.5. The van der Waals surface area contributed by atoms with Crippen LogP contribution in [0.3, 0.4) is 0 Å². The molecule has 0 aromatic heterocycles. The molecule has 0 saturated heterocycles. The zero-order valence-electron chi connectivity index (χ0n) is 20.5. The number of aliphatic carboxylic acids is 1. The molecule has 0 aliphatic heterocycles. The highest BCUT2D eigenvalue weighted by molar-refractivity contribution is 5.86. The van der Waals surface area contributed by atoms with Gasteiger partial charge in [0.2, 0.25) is 5.91 Å². The van der Waals surface area contributed by atoms with Crippen molar-refractivity contribution in [3.05, 3.63) is 59.7 Å². The maximum Gasteiger partial charge on any atom is 0.407 e. The van der Waals surface area contributed by atoms with E-state index in [1.54, 1.807) is 0 Å². The van der Waals surface area contributed by atoms with Crippen LogP contribution in [0.1, 0.15) is 50.2 Å². The summed E-state index contributed by atoms with van der Waals surface area (Å²) in [6.45, 7) is 4.43. The highest BCUT2D eigenvalue weighted by Crippen LogP contribution is 2.44. The normalized spacial score (nSPS) is 13.5.